The standard InChI is InChI=1S/C18H22N2OS/c1-14-3-8-17(20-11-9-19-10-12-20)18(13-14)22-16-6-4-15(21-2)5-7-16/h3-8,13,19H,9-12H2,1-2H3. The third kappa shape index (κ3) is 3.57. The Morgan fingerprint density at radius 3 is 2.45 bits per heavy atom. The van der Waals surface area contributed by atoms with E-state index in [9.17, 15) is 0 Å². The van der Waals surface area contributed by atoms with E-state index in [-0.39, 0.29) is 0 Å². The number of ether oxygens (including phenoxy) is 1. The van der Waals surface area contributed by atoms with Gasteiger partial charge in [-0.1, -0.05) is 17.8 Å². The number of benzene rings is 2. The summed E-state index contributed by atoms with van der Waals surface area (Å²) in [4.78, 5) is 5.04. The molecule has 4 heteroatoms. The molecular formula is C18H22N2OS. The second-order valence-corrected chi connectivity index (χ2v) is 6.60. The van der Waals surface area contributed by atoms with Crippen LogP contribution in [0.5, 0.6) is 5.75 Å². The van der Waals surface area contributed by atoms with Crippen LogP contribution in [0, 0.1) is 6.92 Å². The van der Waals surface area contributed by atoms with Crippen molar-refractivity contribution >= 4 is 17.4 Å². The fourth-order valence-electron chi connectivity index (χ4n) is 2.64. The van der Waals surface area contributed by atoms with E-state index >= 15 is 0 Å². The van der Waals surface area contributed by atoms with Gasteiger partial charge in [-0.15, -0.1) is 0 Å². The summed E-state index contributed by atoms with van der Waals surface area (Å²) in [5.41, 5.74) is 2.64. The number of methoxy groups -OCH3 is 1. The van der Waals surface area contributed by atoms with E-state index in [4.69, 9.17) is 4.74 Å². The Labute approximate surface area is 136 Å². The minimum Gasteiger partial charge on any atom is -0.497 e. The van der Waals surface area contributed by atoms with Crippen LogP contribution in [0.25, 0.3) is 0 Å². The first-order chi connectivity index (χ1) is 10.8. The molecule has 0 aliphatic carbocycles. The molecule has 0 unspecified atom stereocenters. The normalized spacial score (nSPS) is 14.9. The molecule has 1 aliphatic rings. The lowest BCUT2D eigenvalue weighted by Gasteiger charge is -2.31. The number of hydrogen-bond donors (Lipinski definition) is 1. The number of anilines is 1. The van der Waals surface area contributed by atoms with Crippen LogP contribution in [0.2, 0.25) is 0 Å². The quantitative estimate of drug-likeness (QED) is 0.932. The SMILES string of the molecule is COc1ccc(Sc2cc(C)ccc2N2CCNCC2)cc1. The van der Waals surface area contributed by atoms with E-state index in [1.165, 1.54) is 21.0 Å². The van der Waals surface area contributed by atoms with Crippen LogP contribution < -0.4 is 15.0 Å². The Morgan fingerprint density at radius 2 is 1.77 bits per heavy atom. The summed E-state index contributed by atoms with van der Waals surface area (Å²) in [6.45, 7) is 6.40. The first-order valence-electron chi connectivity index (χ1n) is 7.64. The van der Waals surface area contributed by atoms with E-state index in [2.05, 4.69) is 47.5 Å². The van der Waals surface area contributed by atoms with Crippen molar-refractivity contribution < 1.29 is 4.74 Å². The Hall–Kier alpha value is -1.65. The number of aryl methyl sites for hydroxylation is 1. The third-order valence-electron chi connectivity index (χ3n) is 3.86. The van der Waals surface area contributed by atoms with E-state index in [0.717, 1.165) is 31.9 Å². The summed E-state index contributed by atoms with van der Waals surface area (Å²) >= 11 is 1.82. The van der Waals surface area contributed by atoms with Crippen molar-refractivity contribution in [3.63, 3.8) is 0 Å². The summed E-state index contributed by atoms with van der Waals surface area (Å²) in [6.07, 6.45) is 0. The summed E-state index contributed by atoms with van der Waals surface area (Å²) in [6, 6.07) is 15.0. The van der Waals surface area contributed by atoms with E-state index in [1.54, 1.807) is 7.11 Å². The molecule has 0 amide bonds. The fraction of sp³-hybridized carbons (Fsp3) is 0.333. The van der Waals surface area contributed by atoms with Gasteiger partial charge >= 0.3 is 0 Å². The molecule has 2 aromatic carbocycles. The second kappa shape index (κ2) is 7.07. The molecule has 3 nitrogen and oxygen atoms in total. The maximum atomic E-state index is 5.23. The molecule has 0 radical (unpaired) electrons. The summed E-state index contributed by atoms with van der Waals surface area (Å²) in [5, 5.41) is 3.42. The Morgan fingerprint density at radius 1 is 1.05 bits per heavy atom. The van der Waals surface area contributed by atoms with Crippen LogP contribution in [0.3, 0.4) is 0 Å². The molecule has 1 heterocycles. The van der Waals surface area contributed by atoms with E-state index < -0.39 is 0 Å². The van der Waals surface area contributed by atoms with Gasteiger partial charge in [0.1, 0.15) is 5.75 Å². The highest BCUT2D eigenvalue weighted by molar-refractivity contribution is 7.99. The van der Waals surface area contributed by atoms with Gasteiger partial charge in [-0.3, -0.25) is 0 Å². The third-order valence-corrected chi connectivity index (χ3v) is 4.92. The van der Waals surface area contributed by atoms with Gasteiger partial charge in [-0.05, 0) is 48.9 Å². The molecule has 1 fully saturated rings. The zero-order valence-corrected chi connectivity index (χ0v) is 14.0. The largest absolute Gasteiger partial charge is 0.497 e. The monoisotopic (exact) mass is 314 g/mol. The molecule has 116 valence electrons. The molecule has 2 aromatic rings. The van der Waals surface area contributed by atoms with Crippen molar-refractivity contribution in [2.24, 2.45) is 0 Å². The molecule has 22 heavy (non-hydrogen) atoms. The van der Waals surface area contributed by atoms with Gasteiger partial charge in [-0.2, -0.15) is 0 Å². The maximum absolute atomic E-state index is 5.23. The molecule has 0 saturated carbocycles. The smallest absolute Gasteiger partial charge is 0.118 e. The highest BCUT2D eigenvalue weighted by atomic mass is 32.2. The highest BCUT2D eigenvalue weighted by Gasteiger charge is 2.15. The van der Waals surface area contributed by atoms with Crippen molar-refractivity contribution in [3.8, 4) is 5.75 Å². The van der Waals surface area contributed by atoms with Gasteiger partial charge in [0.05, 0.1) is 12.8 Å². The molecule has 3 rings (SSSR count). The van der Waals surface area contributed by atoms with Crippen LogP contribution in [0.15, 0.2) is 52.3 Å². The van der Waals surface area contributed by atoms with Crippen LogP contribution in [0.4, 0.5) is 5.69 Å². The Kier molecular flexibility index (Phi) is 4.90. The molecule has 1 aliphatic heterocycles. The first kappa shape index (κ1) is 15.3. The van der Waals surface area contributed by atoms with Crippen molar-refractivity contribution in [1.82, 2.24) is 5.32 Å². The highest BCUT2D eigenvalue weighted by Crippen LogP contribution is 2.36. The Balaban J connectivity index is 1.85. The second-order valence-electron chi connectivity index (χ2n) is 5.49. The Bertz CT molecular complexity index is 621. The topological polar surface area (TPSA) is 24.5 Å². The predicted molar refractivity (Wildman–Crippen MR) is 93.4 cm³/mol. The number of nitrogens with zero attached hydrogens (tertiary/aromatic N) is 1. The maximum Gasteiger partial charge on any atom is 0.118 e. The molecule has 0 aromatic heterocycles. The summed E-state index contributed by atoms with van der Waals surface area (Å²) < 4.78 is 5.23. The molecule has 1 saturated heterocycles. The van der Waals surface area contributed by atoms with Crippen molar-refractivity contribution in [1.29, 1.82) is 0 Å². The van der Waals surface area contributed by atoms with Crippen molar-refractivity contribution in [2.75, 3.05) is 38.2 Å². The predicted octanol–water partition coefficient (Wildman–Crippen LogP) is 3.56. The van der Waals surface area contributed by atoms with Crippen LogP contribution in [-0.2, 0) is 0 Å². The van der Waals surface area contributed by atoms with Gasteiger partial charge in [0, 0.05) is 36.0 Å². The molecular weight excluding hydrogens is 292 g/mol. The first-order valence-corrected chi connectivity index (χ1v) is 8.46. The minimum absolute atomic E-state index is 0.899. The van der Waals surface area contributed by atoms with Gasteiger partial charge < -0.3 is 15.0 Å². The van der Waals surface area contributed by atoms with Crippen LogP contribution in [0.1, 0.15) is 5.56 Å². The average molecular weight is 314 g/mol. The number of hydrogen-bond acceptors (Lipinski definition) is 4. The van der Waals surface area contributed by atoms with Gasteiger partial charge in [0.25, 0.3) is 0 Å². The zero-order chi connectivity index (χ0) is 15.4. The zero-order valence-electron chi connectivity index (χ0n) is 13.1. The lowest BCUT2D eigenvalue weighted by Crippen LogP contribution is -2.43. The van der Waals surface area contributed by atoms with Gasteiger partial charge in [0.2, 0.25) is 0 Å². The van der Waals surface area contributed by atoms with E-state index in [1.807, 2.05) is 23.9 Å². The molecule has 0 spiro atoms. The van der Waals surface area contributed by atoms with Gasteiger partial charge in [-0.25, -0.2) is 0 Å². The average Bonchev–Trinajstić information content (AvgIpc) is 2.56. The fourth-order valence-corrected chi connectivity index (χ4v) is 3.71. The van der Waals surface area contributed by atoms with Gasteiger partial charge in [0.15, 0.2) is 0 Å². The summed E-state index contributed by atoms with van der Waals surface area (Å²) in [5.74, 6) is 0.899. The molecule has 0 atom stereocenters. The van der Waals surface area contributed by atoms with E-state index in [0.29, 0.717) is 0 Å². The van der Waals surface area contributed by atoms with Crippen molar-refractivity contribution in [3.05, 3.63) is 48.0 Å². The summed E-state index contributed by atoms with van der Waals surface area (Å²) in [7, 11) is 1.70. The van der Waals surface area contributed by atoms with Crippen molar-refractivity contribution in [2.45, 2.75) is 16.7 Å². The molecule has 0 bridgehead atoms. The lowest BCUT2D eigenvalue weighted by molar-refractivity contribution is 0.414. The molecule has 1 N–H and O–H groups in total. The lowest BCUT2D eigenvalue weighted by atomic mass is 10.2. The van der Waals surface area contributed by atoms with Crippen LogP contribution in [-0.4, -0.2) is 33.3 Å². The number of nitrogens with one attached hydrogen (secondary N) is 1. The van der Waals surface area contributed by atoms with Crippen LogP contribution >= 0.6 is 11.8 Å². The minimum atomic E-state index is 0.899. The number of rotatable bonds is 4. The number of piperazine rings is 1.